The summed E-state index contributed by atoms with van der Waals surface area (Å²) in [5, 5.41) is 9.42. The lowest BCUT2D eigenvalue weighted by Gasteiger charge is -2.08. The van der Waals surface area contributed by atoms with Gasteiger partial charge in [0.15, 0.2) is 0 Å². The fourth-order valence-electron chi connectivity index (χ4n) is 2.10. The van der Waals surface area contributed by atoms with Crippen LogP contribution in [0.1, 0.15) is 18.9 Å². The van der Waals surface area contributed by atoms with Gasteiger partial charge in [0, 0.05) is 42.8 Å². The van der Waals surface area contributed by atoms with E-state index < -0.39 is 0 Å². The molecule has 0 aliphatic rings. The molecule has 126 valence electrons. The molecule has 5 nitrogen and oxygen atoms in total. The molecule has 0 aliphatic heterocycles. The number of nitrogens with one attached hydrogen (secondary N) is 3. The van der Waals surface area contributed by atoms with Crippen molar-refractivity contribution in [3.8, 4) is 0 Å². The van der Waals surface area contributed by atoms with Crippen molar-refractivity contribution in [1.29, 1.82) is 0 Å². The second kappa shape index (κ2) is 9.05. The molecule has 2 aromatic carbocycles. The van der Waals surface area contributed by atoms with Gasteiger partial charge in [-0.15, -0.1) is 0 Å². The van der Waals surface area contributed by atoms with Crippen LogP contribution in [0.25, 0.3) is 0 Å². The van der Waals surface area contributed by atoms with Crippen molar-refractivity contribution in [3.05, 3.63) is 59.1 Å². The van der Waals surface area contributed by atoms with Gasteiger partial charge in [-0.05, 0) is 42.0 Å². The highest BCUT2D eigenvalue weighted by Gasteiger charge is 2.03. The van der Waals surface area contributed by atoms with Gasteiger partial charge in [-0.2, -0.15) is 0 Å². The maximum Gasteiger partial charge on any atom is 0.225 e. The van der Waals surface area contributed by atoms with Crippen LogP contribution in [0.2, 0.25) is 5.02 Å². The molecule has 24 heavy (non-hydrogen) atoms. The Bertz CT molecular complexity index is 684. The zero-order chi connectivity index (χ0) is 17.4. The second-order valence-corrected chi connectivity index (χ2v) is 5.80. The number of carbonyl (C=O) groups excluding carboxylic acids is 2. The van der Waals surface area contributed by atoms with E-state index in [1.165, 1.54) is 6.92 Å². The molecule has 0 radical (unpaired) electrons. The van der Waals surface area contributed by atoms with Crippen molar-refractivity contribution in [3.63, 3.8) is 0 Å². The van der Waals surface area contributed by atoms with Gasteiger partial charge in [-0.3, -0.25) is 9.59 Å². The van der Waals surface area contributed by atoms with Gasteiger partial charge in [0.05, 0.1) is 0 Å². The second-order valence-electron chi connectivity index (χ2n) is 5.36. The summed E-state index contributed by atoms with van der Waals surface area (Å²) >= 11 is 5.83. The van der Waals surface area contributed by atoms with Crippen molar-refractivity contribution >= 4 is 34.8 Å². The molecule has 0 saturated carbocycles. The Morgan fingerprint density at radius 2 is 1.50 bits per heavy atom. The lowest BCUT2D eigenvalue weighted by molar-refractivity contribution is -0.116. The molecule has 2 rings (SSSR count). The minimum absolute atomic E-state index is 0.0640. The van der Waals surface area contributed by atoms with Crippen molar-refractivity contribution in [2.24, 2.45) is 0 Å². The monoisotopic (exact) mass is 345 g/mol. The van der Waals surface area contributed by atoms with Crippen LogP contribution >= 0.6 is 11.6 Å². The first kappa shape index (κ1) is 18.0. The lowest BCUT2D eigenvalue weighted by Crippen LogP contribution is -2.21. The van der Waals surface area contributed by atoms with Gasteiger partial charge in [-0.1, -0.05) is 23.7 Å². The summed E-state index contributed by atoms with van der Waals surface area (Å²) < 4.78 is 0. The average Bonchev–Trinajstić information content (AvgIpc) is 2.55. The number of carbonyl (C=O) groups is 2. The summed E-state index contributed by atoms with van der Waals surface area (Å²) in [6.07, 6.45) is 0.376. The normalized spacial score (nSPS) is 10.2. The minimum Gasteiger partial charge on any atom is -0.326 e. The maximum absolute atomic E-state index is 11.9. The van der Waals surface area contributed by atoms with Gasteiger partial charge in [-0.25, -0.2) is 0 Å². The molecule has 0 aliphatic carbocycles. The van der Waals surface area contributed by atoms with E-state index in [4.69, 9.17) is 11.6 Å². The van der Waals surface area contributed by atoms with E-state index in [0.717, 1.165) is 5.56 Å². The summed E-state index contributed by atoms with van der Waals surface area (Å²) in [6.45, 7) is 2.72. The molecule has 0 spiro atoms. The number of halogens is 1. The van der Waals surface area contributed by atoms with E-state index in [1.54, 1.807) is 24.3 Å². The van der Waals surface area contributed by atoms with Crippen molar-refractivity contribution in [2.45, 2.75) is 19.9 Å². The molecule has 6 heteroatoms. The van der Waals surface area contributed by atoms with Crippen LogP contribution in [0, 0.1) is 0 Å². The van der Waals surface area contributed by atoms with E-state index in [0.29, 0.717) is 35.9 Å². The van der Waals surface area contributed by atoms with E-state index in [9.17, 15) is 9.59 Å². The molecule has 0 saturated heterocycles. The highest BCUT2D eigenvalue weighted by molar-refractivity contribution is 6.30. The first-order valence-corrected chi connectivity index (χ1v) is 8.03. The van der Waals surface area contributed by atoms with E-state index in [-0.39, 0.29) is 11.8 Å². The van der Waals surface area contributed by atoms with E-state index >= 15 is 0 Å². The summed E-state index contributed by atoms with van der Waals surface area (Å²) in [5.41, 5.74) is 2.52. The number of anilines is 2. The van der Waals surface area contributed by atoms with Gasteiger partial charge < -0.3 is 16.0 Å². The van der Waals surface area contributed by atoms with E-state index in [1.807, 2.05) is 24.3 Å². The van der Waals surface area contributed by atoms with Crippen LogP contribution in [0.5, 0.6) is 0 Å². The summed E-state index contributed by atoms with van der Waals surface area (Å²) in [5.74, 6) is -0.190. The molecular weight excluding hydrogens is 326 g/mol. The fraction of sp³-hybridized carbons (Fsp3) is 0.222. The summed E-state index contributed by atoms with van der Waals surface area (Å²) in [7, 11) is 0. The largest absolute Gasteiger partial charge is 0.326 e. The van der Waals surface area contributed by atoms with Crippen molar-refractivity contribution < 1.29 is 9.59 Å². The zero-order valence-corrected chi connectivity index (χ0v) is 14.2. The number of amides is 2. The third-order valence-electron chi connectivity index (χ3n) is 3.26. The molecule has 3 N–H and O–H groups in total. The minimum atomic E-state index is -0.126. The third-order valence-corrected chi connectivity index (χ3v) is 3.51. The molecule has 2 amide bonds. The first-order chi connectivity index (χ1) is 11.5. The zero-order valence-electron chi connectivity index (χ0n) is 13.4. The fourth-order valence-corrected chi connectivity index (χ4v) is 2.23. The Labute approximate surface area is 146 Å². The van der Waals surface area contributed by atoms with Crippen LogP contribution in [0.4, 0.5) is 11.4 Å². The Balaban J connectivity index is 1.69. The molecule has 0 unspecified atom stereocenters. The molecule has 0 heterocycles. The van der Waals surface area contributed by atoms with Crippen LogP contribution in [-0.2, 0) is 16.1 Å². The first-order valence-electron chi connectivity index (χ1n) is 7.65. The topological polar surface area (TPSA) is 70.2 Å². The lowest BCUT2D eigenvalue weighted by atomic mass is 10.2. The van der Waals surface area contributed by atoms with Crippen LogP contribution in [0.15, 0.2) is 48.5 Å². The van der Waals surface area contributed by atoms with Gasteiger partial charge in [0.2, 0.25) is 11.8 Å². The number of hydrogen-bond acceptors (Lipinski definition) is 3. The Morgan fingerprint density at radius 3 is 2.08 bits per heavy atom. The Kier molecular flexibility index (Phi) is 6.78. The Morgan fingerprint density at radius 1 is 0.917 bits per heavy atom. The maximum atomic E-state index is 11.9. The van der Waals surface area contributed by atoms with E-state index in [2.05, 4.69) is 16.0 Å². The Hall–Kier alpha value is -2.37. The van der Waals surface area contributed by atoms with Crippen LogP contribution in [0.3, 0.4) is 0 Å². The van der Waals surface area contributed by atoms with Gasteiger partial charge in [0.1, 0.15) is 0 Å². The highest BCUT2D eigenvalue weighted by Crippen LogP contribution is 2.13. The highest BCUT2D eigenvalue weighted by atomic mass is 35.5. The third kappa shape index (κ3) is 6.40. The molecular formula is C18H20ClN3O2. The van der Waals surface area contributed by atoms with Crippen molar-refractivity contribution in [2.75, 3.05) is 17.2 Å². The SMILES string of the molecule is CC(=O)Nc1ccc(NC(=O)CCNCc2ccc(Cl)cc2)cc1. The predicted molar refractivity (Wildman–Crippen MR) is 97.2 cm³/mol. The molecule has 0 aromatic heterocycles. The number of rotatable bonds is 7. The average molecular weight is 346 g/mol. The van der Waals surface area contributed by atoms with Gasteiger partial charge in [0.25, 0.3) is 0 Å². The standard InChI is InChI=1S/C18H20ClN3O2/c1-13(23)21-16-6-8-17(9-7-16)22-18(24)10-11-20-12-14-2-4-15(19)5-3-14/h2-9,20H,10-12H2,1H3,(H,21,23)(H,22,24). The summed E-state index contributed by atoms with van der Waals surface area (Å²) in [4.78, 5) is 22.8. The molecule has 0 atom stereocenters. The van der Waals surface area contributed by atoms with Crippen molar-refractivity contribution in [1.82, 2.24) is 5.32 Å². The molecule has 0 fully saturated rings. The number of hydrogen-bond donors (Lipinski definition) is 3. The smallest absolute Gasteiger partial charge is 0.225 e. The number of benzene rings is 2. The predicted octanol–water partition coefficient (Wildman–Crippen LogP) is 3.42. The summed E-state index contributed by atoms with van der Waals surface area (Å²) in [6, 6.07) is 14.6. The molecule has 2 aromatic rings. The van der Waals surface area contributed by atoms with Crippen LogP contribution in [-0.4, -0.2) is 18.4 Å². The quantitative estimate of drug-likeness (QED) is 0.673. The van der Waals surface area contributed by atoms with Crippen LogP contribution < -0.4 is 16.0 Å². The molecule has 0 bridgehead atoms. The van der Waals surface area contributed by atoms with Gasteiger partial charge >= 0.3 is 0 Å².